The van der Waals surface area contributed by atoms with Crippen molar-refractivity contribution in [3.8, 4) is 22.8 Å². The first-order valence-corrected chi connectivity index (χ1v) is 11.6. The Kier molecular flexibility index (Phi) is 4.87. The molecule has 0 bridgehead atoms. The minimum absolute atomic E-state index is 0.0517. The monoisotopic (exact) mass is 524 g/mol. The van der Waals surface area contributed by atoms with Gasteiger partial charge in [-0.1, -0.05) is 0 Å². The van der Waals surface area contributed by atoms with E-state index in [4.69, 9.17) is 9.72 Å². The lowest BCUT2D eigenvalue weighted by molar-refractivity contribution is -0.114. The van der Waals surface area contributed by atoms with Gasteiger partial charge in [-0.15, -0.1) is 0 Å². The highest BCUT2D eigenvalue weighted by Crippen LogP contribution is 2.43. The van der Waals surface area contributed by atoms with Crippen molar-refractivity contribution in [3.63, 3.8) is 0 Å². The number of fused-ring (bicyclic) bond motifs is 2. The second-order valence-electron chi connectivity index (χ2n) is 8.69. The summed E-state index contributed by atoms with van der Waals surface area (Å²) in [5, 5.41) is 4.32. The fourth-order valence-electron chi connectivity index (χ4n) is 4.33. The maximum Gasteiger partial charge on any atom is 0.248 e. The van der Waals surface area contributed by atoms with Crippen LogP contribution in [-0.4, -0.2) is 35.6 Å². The van der Waals surface area contributed by atoms with Gasteiger partial charge in [0.1, 0.15) is 22.8 Å². The molecule has 1 aliphatic rings. The maximum atomic E-state index is 13.1. The number of aromatic nitrogens is 6. The second-order valence-corrected chi connectivity index (χ2v) is 9.48. The van der Waals surface area contributed by atoms with E-state index in [1.54, 1.807) is 17.1 Å². The molecule has 0 radical (unpaired) electrons. The molecule has 0 atom stereocenters. The van der Waals surface area contributed by atoms with E-state index in [2.05, 4.69) is 36.0 Å². The number of hydrogen-bond donors (Lipinski definition) is 1. The normalized spacial score (nSPS) is 15.6. The molecule has 7 nitrogen and oxygen atoms in total. The van der Waals surface area contributed by atoms with E-state index in [1.165, 1.54) is 0 Å². The van der Waals surface area contributed by atoms with Crippen LogP contribution in [0, 0.1) is 12.8 Å². The molecule has 34 heavy (non-hydrogen) atoms. The molecular formula is C24H19BrF2N6O. The predicted octanol–water partition coefficient (Wildman–Crippen LogP) is 6.28. The standard InChI is InChI=1S/C24H19BrF2N6O/c1-13-30-17-3-2-16(6-19(17)31-13)34-21-5-4-18-23(22(21)25)32-20(10-28-18)15-9-29-33(12-15)11-14-7-24(26,27)8-14/h2-6,9-10,12,14H,7-8,11H2,1H3,(H,30,31). The first-order chi connectivity index (χ1) is 16.3. The molecule has 10 heteroatoms. The van der Waals surface area contributed by atoms with E-state index in [-0.39, 0.29) is 18.8 Å². The van der Waals surface area contributed by atoms with Gasteiger partial charge in [0.25, 0.3) is 0 Å². The van der Waals surface area contributed by atoms with Crippen molar-refractivity contribution in [1.82, 2.24) is 29.7 Å². The van der Waals surface area contributed by atoms with Gasteiger partial charge in [-0.25, -0.2) is 18.7 Å². The summed E-state index contributed by atoms with van der Waals surface area (Å²) in [4.78, 5) is 16.9. The Morgan fingerprint density at radius 3 is 2.79 bits per heavy atom. The van der Waals surface area contributed by atoms with E-state index < -0.39 is 5.92 Å². The number of nitrogens with one attached hydrogen (secondary N) is 1. The number of halogens is 3. The van der Waals surface area contributed by atoms with Gasteiger partial charge in [-0.2, -0.15) is 5.10 Å². The van der Waals surface area contributed by atoms with Crippen LogP contribution in [0.2, 0.25) is 0 Å². The molecule has 0 unspecified atom stereocenters. The maximum absolute atomic E-state index is 13.1. The molecule has 3 heterocycles. The highest BCUT2D eigenvalue weighted by atomic mass is 79.9. The van der Waals surface area contributed by atoms with Gasteiger partial charge in [0.2, 0.25) is 5.92 Å². The third-order valence-corrected chi connectivity index (χ3v) is 6.73. The predicted molar refractivity (Wildman–Crippen MR) is 127 cm³/mol. The van der Waals surface area contributed by atoms with Crippen molar-refractivity contribution < 1.29 is 13.5 Å². The van der Waals surface area contributed by atoms with Crippen molar-refractivity contribution >= 4 is 38.0 Å². The Bertz CT molecular complexity index is 1540. The molecule has 3 aromatic heterocycles. The first-order valence-electron chi connectivity index (χ1n) is 10.8. The largest absolute Gasteiger partial charge is 0.456 e. The smallest absolute Gasteiger partial charge is 0.248 e. The minimum Gasteiger partial charge on any atom is -0.456 e. The van der Waals surface area contributed by atoms with E-state index in [9.17, 15) is 8.78 Å². The Balaban J connectivity index is 1.27. The Labute approximate surface area is 201 Å². The number of ether oxygens (including phenoxy) is 1. The average Bonchev–Trinajstić information content (AvgIpc) is 3.39. The number of nitrogens with zero attached hydrogens (tertiary/aromatic N) is 5. The summed E-state index contributed by atoms with van der Waals surface area (Å²) in [5.74, 6) is -0.459. The molecular weight excluding hydrogens is 506 g/mol. The molecule has 0 saturated heterocycles. The van der Waals surface area contributed by atoms with Crippen molar-refractivity contribution in [1.29, 1.82) is 0 Å². The topological polar surface area (TPSA) is 81.5 Å². The lowest BCUT2D eigenvalue weighted by Gasteiger charge is -2.34. The van der Waals surface area contributed by atoms with Crippen LogP contribution in [0.15, 0.2) is 53.4 Å². The zero-order valence-electron chi connectivity index (χ0n) is 18.1. The van der Waals surface area contributed by atoms with Gasteiger partial charge in [0, 0.05) is 37.2 Å². The second kappa shape index (κ2) is 7.83. The summed E-state index contributed by atoms with van der Waals surface area (Å²) >= 11 is 3.63. The number of aryl methyl sites for hydroxylation is 1. The summed E-state index contributed by atoms with van der Waals surface area (Å²) in [6.07, 6.45) is 5.02. The molecule has 6 rings (SSSR count). The Hall–Kier alpha value is -3.40. The number of imidazole rings is 1. The Morgan fingerprint density at radius 1 is 1.15 bits per heavy atom. The van der Waals surface area contributed by atoms with Crippen LogP contribution in [0.1, 0.15) is 18.7 Å². The fraction of sp³-hybridized carbons (Fsp3) is 0.250. The van der Waals surface area contributed by atoms with Gasteiger partial charge in [0.05, 0.1) is 39.1 Å². The molecule has 0 amide bonds. The Morgan fingerprint density at radius 2 is 1.97 bits per heavy atom. The van der Waals surface area contributed by atoms with Crippen LogP contribution >= 0.6 is 15.9 Å². The molecule has 0 spiro atoms. The summed E-state index contributed by atoms with van der Waals surface area (Å²) in [7, 11) is 0. The molecule has 172 valence electrons. The highest BCUT2D eigenvalue weighted by Gasteiger charge is 2.45. The van der Waals surface area contributed by atoms with Crippen molar-refractivity contribution in [2.24, 2.45) is 5.92 Å². The van der Waals surface area contributed by atoms with E-state index in [0.29, 0.717) is 39.2 Å². The van der Waals surface area contributed by atoms with Crippen molar-refractivity contribution in [2.75, 3.05) is 0 Å². The quantitative estimate of drug-likeness (QED) is 0.292. The highest BCUT2D eigenvalue weighted by molar-refractivity contribution is 9.10. The van der Waals surface area contributed by atoms with Crippen molar-refractivity contribution in [2.45, 2.75) is 32.2 Å². The summed E-state index contributed by atoms with van der Waals surface area (Å²) in [6, 6.07) is 9.37. The number of rotatable bonds is 5. The molecule has 2 aromatic carbocycles. The fourth-order valence-corrected chi connectivity index (χ4v) is 4.83. The van der Waals surface area contributed by atoms with E-state index >= 15 is 0 Å². The van der Waals surface area contributed by atoms with Crippen molar-refractivity contribution in [3.05, 3.63) is 59.2 Å². The lowest BCUT2D eigenvalue weighted by Crippen LogP contribution is -2.37. The van der Waals surface area contributed by atoms with Crippen LogP contribution in [0.3, 0.4) is 0 Å². The molecule has 0 aliphatic heterocycles. The number of benzene rings is 2. The number of aromatic amines is 1. The lowest BCUT2D eigenvalue weighted by atomic mass is 9.81. The number of H-pyrrole nitrogens is 1. The van der Waals surface area contributed by atoms with E-state index in [0.717, 1.165) is 22.4 Å². The van der Waals surface area contributed by atoms with Crippen LogP contribution in [0.5, 0.6) is 11.5 Å². The summed E-state index contributed by atoms with van der Waals surface area (Å²) < 4.78 is 34.7. The summed E-state index contributed by atoms with van der Waals surface area (Å²) in [5.41, 5.74) is 4.57. The van der Waals surface area contributed by atoms with Gasteiger partial charge >= 0.3 is 0 Å². The molecule has 1 aliphatic carbocycles. The SMILES string of the molecule is Cc1nc2ccc(Oc3ccc4ncc(-c5cnn(CC6CC(F)(F)C6)c5)nc4c3Br)cc2[nH]1. The zero-order chi connectivity index (χ0) is 23.4. The van der Waals surface area contributed by atoms with Crippen LogP contribution < -0.4 is 4.74 Å². The molecule has 1 N–H and O–H groups in total. The minimum atomic E-state index is -2.53. The van der Waals surface area contributed by atoms with Crippen LogP contribution in [0.25, 0.3) is 33.3 Å². The van der Waals surface area contributed by atoms with Crippen LogP contribution in [-0.2, 0) is 6.54 Å². The number of hydrogen-bond acceptors (Lipinski definition) is 5. The zero-order valence-corrected chi connectivity index (χ0v) is 19.7. The third-order valence-electron chi connectivity index (χ3n) is 5.97. The summed E-state index contributed by atoms with van der Waals surface area (Å²) in [6.45, 7) is 2.38. The average molecular weight is 525 g/mol. The van der Waals surface area contributed by atoms with Gasteiger partial charge in [-0.05, 0) is 53.0 Å². The van der Waals surface area contributed by atoms with Gasteiger partial charge in [-0.3, -0.25) is 9.67 Å². The van der Waals surface area contributed by atoms with Gasteiger partial charge < -0.3 is 9.72 Å². The molecule has 1 fully saturated rings. The molecule has 1 saturated carbocycles. The van der Waals surface area contributed by atoms with Gasteiger partial charge in [0.15, 0.2) is 0 Å². The van der Waals surface area contributed by atoms with E-state index in [1.807, 2.05) is 43.5 Å². The number of alkyl halides is 2. The molecule has 5 aromatic rings. The third kappa shape index (κ3) is 3.91. The van der Waals surface area contributed by atoms with Crippen LogP contribution in [0.4, 0.5) is 8.78 Å². The first kappa shape index (κ1) is 21.2.